The Morgan fingerprint density at radius 2 is 1.91 bits per heavy atom. The van der Waals surface area contributed by atoms with E-state index in [0.717, 1.165) is 13.1 Å². The molecule has 14 nitrogen and oxygen atoms in total. The predicted molar refractivity (Wildman–Crippen MR) is 156 cm³/mol. The number of nitrogen functional groups attached to an aromatic ring is 1. The number of furan rings is 1. The second kappa shape index (κ2) is 10.6. The first-order chi connectivity index (χ1) is 20.9. The van der Waals surface area contributed by atoms with Gasteiger partial charge in [-0.3, -0.25) is 18.7 Å². The first kappa shape index (κ1) is 26.7. The molecule has 1 saturated heterocycles. The second-order valence-corrected chi connectivity index (χ2v) is 10.5. The van der Waals surface area contributed by atoms with Crippen LogP contribution < -0.4 is 21.1 Å². The van der Waals surface area contributed by atoms with Crippen molar-refractivity contribution in [2.75, 3.05) is 43.4 Å². The van der Waals surface area contributed by atoms with E-state index in [9.17, 15) is 4.79 Å². The molecule has 0 unspecified atom stereocenters. The molecule has 0 amide bonds. The summed E-state index contributed by atoms with van der Waals surface area (Å²) in [5.74, 6) is 1.39. The highest BCUT2D eigenvalue weighted by Gasteiger charge is 2.23. The molecule has 6 aromatic rings. The second-order valence-electron chi connectivity index (χ2n) is 10.5. The van der Waals surface area contributed by atoms with Crippen LogP contribution in [0.3, 0.4) is 0 Å². The normalized spacial score (nSPS) is 14.3. The van der Waals surface area contributed by atoms with Gasteiger partial charge in [0, 0.05) is 59.4 Å². The first-order valence-electron chi connectivity index (χ1n) is 13.9. The zero-order chi connectivity index (χ0) is 29.7. The Bertz CT molecular complexity index is 1980. The Morgan fingerprint density at radius 3 is 2.63 bits per heavy atom. The van der Waals surface area contributed by atoms with Gasteiger partial charge in [-0.15, -0.1) is 0 Å². The smallest absolute Gasteiger partial charge is 0.330 e. The number of benzene rings is 1. The van der Waals surface area contributed by atoms with E-state index in [1.807, 2.05) is 17.0 Å². The lowest BCUT2D eigenvalue weighted by Gasteiger charge is -2.36. The van der Waals surface area contributed by atoms with Crippen LogP contribution in [0.5, 0.6) is 5.75 Å². The molecule has 7 rings (SSSR count). The van der Waals surface area contributed by atoms with Crippen molar-refractivity contribution in [3.63, 3.8) is 0 Å². The zero-order valence-electron chi connectivity index (χ0n) is 23.7. The maximum absolute atomic E-state index is 15.0. The maximum Gasteiger partial charge on any atom is 0.330 e. The highest BCUT2D eigenvalue weighted by Crippen LogP contribution is 2.27. The van der Waals surface area contributed by atoms with Crippen LogP contribution in [0.2, 0.25) is 0 Å². The van der Waals surface area contributed by atoms with Gasteiger partial charge in [0.1, 0.15) is 35.7 Å². The van der Waals surface area contributed by atoms with Gasteiger partial charge in [-0.2, -0.15) is 19.7 Å². The minimum absolute atomic E-state index is 0.166. The Balaban J connectivity index is 1.02. The third kappa shape index (κ3) is 4.86. The largest absolute Gasteiger partial charge is 0.485 e. The number of aryl methyl sites for hydroxylation is 2. The molecule has 1 aliphatic rings. The molecule has 0 bridgehead atoms. The molecule has 0 radical (unpaired) electrons. The Hall–Kier alpha value is -5.18. The molecular formula is C28H30FN11O3. The van der Waals surface area contributed by atoms with Gasteiger partial charge in [-0.05, 0) is 30.3 Å². The molecule has 0 aliphatic carbocycles. The number of anilines is 2. The predicted octanol–water partition coefficient (Wildman–Crippen LogP) is 1.89. The summed E-state index contributed by atoms with van der Waals surface area (Å²) >= 11 is 0. The lowest BCUT2D eigenvalue weighted by Crippen LogP contribution is -2.47. The van der Waals surface area contributed by atoms with Gasteiger partial charge >= 0.3 is 5.69 Å². The number of nitrogens with zero attached hydrogens (tertiary/aromatic N) is 10. The Labute approximate surface area is 244 Å². The van der Waals surface area contributed by atoms with Crippen molar-refractivity contribution in [1.82, 2.24) is 43.4 Å². The maximum atomic E-state index is 15.0. The molecule has 5 aromatic heterocycles. The number of hydrogen-bond acceptors (Lipinski definition) is 10. The van der Waals surface area contributed by atoms with Crippen molar-refractivity contribution in [3.8, 4) is 17.2 Å². The monoisotopic (exact) mass is 587 g/mol. The molecule has 0 spiro atoms. The number of ether oxygens (including phenoxy) is 1. The van der Waals surface area contributed by atoms with E-state index in [0.29, 0.717) is 71.6 Å². The van der Waals surface area contributed by atoms with E-state index < -0.39 is 0 Å². The van der Waals surface area contributed by atoms with Crippen molar-refractivity contribution >= 4 is 28.3 Å². The van der Waals surface area contributed by atoms with Crippen LogP contribution in [-0.2, 0) is 27.2 Å². The number of rotatable bonds is 8. The van der Waals surface area contributed by atoms with Crippen molar-refractivity contribution in [2.45, 2.75) is 13.2 Å². The average Bonchev–Trinajstić information content (AvgIpc) is 3.80. The van der Waals surface area contributed by atoms with E-state index >= 15 is 4.39 Å². The lowest BCUT2D eigenvalue weighted by molar-refractivity contribution is 0.247. The van der Waals surface area contributed by atoms with Gasteiger partial charge in [0.15, 0.2) is 17.2 Å². The fourth-order valence-electron chi connectivity index (χ4n) is 5.56. The molecule has 222 valence electrons. The fraction of sp³-hybridized carbons (Fsp3) is 0.321. The first-order valence-corrected chi connectivity index (χ1v) is 13.9. The molecule has 1 fully saturated rings. The van der Waals surface area contributed by atoms with Crippen molar-refractivity contribution < 1.29 is 13.5 Å². The zero-order valence-corrected chi connectivity index (χ0v) is 23.7. The number of piperazine rings is 1. The van der Waals surface area contributed by atoms with Gasteiger partial charge in [-0.25, -0.2) is 14.2 Å². The summed E-state index contributed by atoms with van der Waals surface area (Å²) in [6.45, 7) is 3.97. The SMILES string of the molecule is Cn1cnc(COc2ccc(N3CCN(CCn4c(=O)n(C)c5c4nc(N)n4nc(-c6ccco6)cc54)CC3)c(F)c2)n1. The van der Waals surface area contributed by atoms with Crippen LogP contribution in [0.1, 0.15) is 5.82 Å². The third-order valence-corrected chi connectivity index (χ3v) is 7.77. The lowest BCUT2D eigenvalue weighted by atomic mass is 10.2. The minimum atomic E-state index is -0.340. The van der Waals surface area contributed by atoms with E-state index in [-0.39, 0.29) is 24.1 Å². The highest BCUT2D eigenvalue weighted by molar-refractivity contribution is 5.91. The van der Waals surface area contributed by atoms with Gasteiger partial charge in [0.05, 0.1) is 17.5 Å². The van der Waals surface area contributed by atoms with Crippen LogP contribution in [-0.4, -0.2) is 76.1 Å². The van der Waals surface area contributed by atoms with Gasteiger partial charge in [0.2, 0.25) is 5.95 Å². The van der Waals surface area contributed by atoms with Gasteiger partial charge in [-0.1, -0.05) is 0 Å². The summed E-state index contributed by atoms with van der Waals surface area (Å²) in [6.07, 6.45) is 3.17. The number of halogens is 1. The van der Waals surface area contributed by atoms with Crippen LogP contribution in [0, 0.1) is 5.82 Å². The summed E-state index contributed by atoms with van der Waals surface area (Å²) in [4.78, 5) is 26.2. The van der Waals surface area contributed by atoms with Crippen LogP contribution >= 0.6 is 0 Å². The molecule has 0 atom stereocenters. The number of nitrogens with two attached hydrogens (primary N) is 1. The number of imidazole rings is 1. The van der Waals surface area contributed by atoms with Crippen LogP contribution in [0.4, 0.5) is 16.0 Å². The third-order valence-electron chi connectivity index (χ3n) is 7.77. The number of fused-ring (bicyclic) bond motifs is 3. The standard InChI is InChI=1S/C28H30FN11O3/c1-35-17-31-24(34-35)16-43-18-5-6-21(19(29)14-18)38-10-7-37(8-11-38)9-12-39-26-25(36(2)28(39)41)22-15-20(23-4-3-13-42-23)33-40(22)27(30)32-26/h3-6,13-15,17H,7-12,16H2,1-2H3,(H2,30,32). The summed E-state index contributed by atoms with van der Waals surface area (Å²) in [6, 6.07) is 10.3. The van der Waals surface area contributed by atoms with Gasteiger partial charge in [0.25, 0.3) is 0 Å². The Kier molecular flexibility index (Phi) is 6.57. The van der Waals surface area contributed by atoms with E-state index in [1.54, 1.807) is 58.7 Å². The van der Waals surface area contributed by atoms with E-state index in [4.69, 9.17) is 14.9 Å². The summed E-state index contributed by atoms with van der Waals surface area (Å²) in [5, 5.41) is 8.69. The fourth-order valence-corrected chi connectivity index (χ4v) is 5.56. The topological polar surface area (TPSA) is 143 Å². The summed E-state index contributed by atoms with van der Waals surface area (Å²) in [5.41, 5.74) is 9.04. The quantitative estimate of drug-likeness (QED) is 0.281. The summed E-state index contributed by atoms with van der Waals surface area (Å²) < 4.78 is 32.5. The van der Waals surface area contributed by atoms with E-state index in [2.05, 4.69) is 25.1 Å². The average molecular weight is 588 g/mol. The number of hydrogen-bond donors (Lipinski definition) is 1. The molecule has 15 heteroatoms. The number of aromatic nitrogens is 8. The molecular weight excluding hydrogens is 557 g/mol. The van der Waals surface area contributed by atoms with E-state index in [1.165, 1.54) is 10.6 Å². The summed E-state index contributed by atoms with van der Waals surface area (Å²) in [7, 11) is 3.50. The molecule has 2 N–H and O–H groups in total. The molecule has 43 heavy (non-hydrogen) atoms. The molecule has 1 aromatic carbocycles. The molecule has 0 saturated carbocycles. The van der Waals surface area contributed by atoms with Crippen LogP contribution in [0.15, 0.2) is 58.2 Å². The van der Waals surface area contributed by atoms with Crippen molar-refractivity contribution in [3.05, 3.63) is 71.1 Å². The highest BCUT2D eigenvalue weighted by atomic mass is 19.1. The molecule has 1 aliphatic heterocycles. The Morgan fingerprint density at radius 1 is 1.07 bits per heavy atom. The minimum Gasteiger partial charge on any atom is -0.485 e. The van der Waals surface area contributed by atoms with Gasteiger partial charge < -0.3 is 19.8 Å². The van der Waals surface area contributed by atoms with Crippen LogP contribution in [0.25, 0.3) is 28.1 Å². The molecule has 6 heterocycles. The van der Waals surface area contributed by atoms with Crippen molar-refractivity contribution in [1.29, 1.82) is 0 Å². The van der Waals surface area contributed by atoms with Crippen molar-refractivity contribution in [2.24, 2.45) is 14.1 Å².